The summed E-state index contributed by atoms with van der Waals surface area (Å²) in [5.74, 6) is 0. The monoisotopic (exact) mass is 248 g/mol. The molecule has 0 aromatic rings. The lowest BCUT2D eigenvalue weighted by Crippen LogP contribution is -2.59. The van der Waals surface area contributed by atoms with Gasteiger partial charge < -0.3 is 25.4 Å². The van der Waals surface area contributed by atoms with Crippen molar-refractivity contribution in [3.8, 4) is 0 Å². The van der Waals surface area contributed by atoms with Gasteiger partial charge in [0.05, 0.1) is 12.6 Å². The van der Waals surface area contributed by atoms with Gasteiger partial charge in [0, 0.05) is 6.54 Å². The highest BCUT2D eigenvalue weighted by atomic mass is 32.2. The average molecular weight is 248 g/mol. The molecule has 2 aliphatic rings. The molecular weight excluding hydrogens is 232 g/mol. The summed E-state index contributed by atoms with van der Waals surface area (Å²) in [7, 11) is 0. The second-order valence-corrected chi connectivity index (χ2v) is 4.86. The molecule has 5 atom stereocenters. The van der Waals surface area contributed by atoms with E-state index >= 15 is 0 Å². The van der Waals surface area contributed by atoms with Crippen molar-refractivity contribution in [1.82, 2.24) is 5.32 Å². The standard InChI is InChI=1S/C9H16N2O4S/c1-2-10-9-11-5-7(14)6(13)4(3-12)15-8(5)16-9/h4-8,12-14H,2-3H2,1H3,(H,10,11)/t4?,5?,6-,7-,8+/m1/s1. The number of hydrogen-bond donors (Lipinski definition) is 4. The number of aliphatic hydroxyl groups is 3. The van der Waals surface area contributed by atoms with Gasteiger partial charge in [-0.1, -0.05) is 11.8 Å². The highest BCUT2D eigenvalue weighted by molar-refractivity contribution is 8.14. The van der Waals surface area contributed by atoms with Gasteiger partial charge in [0.15, 0.2) is 5.17 Å². The molecular formula is C9H16N2O4S. The Bertz CT molecular complexity index is 289. The summed E-state index contributed by atoms with van der Waals surface area (Å²) < 4.78 is 5.48. The smallest absolute Gasteiger partial charge is 0.159 e. The Kier molecular flexibility index (Phi) is 3.70. The van der Waals surface area contributed by atoms with Crippen molar-refractivity contribution in [1.29, 1.82) is 0 Å². The lowest BCUT2D eigenvalue weighted by atomic mass is 9.98. The fourth-order valence-corrected chi connectivity index (χ4v) is 3.05. The van der Waals surface area contributed by atoms with Crippen LogP contribution in [-0.4, -0.2) is 63.4 Å². The van der Waals surface area contributed by atoms with Gasteiger partial charge in [-0.15, -0.1) is 0 Å². The summed E-state index contributed by atoms with van der Waals surface area (Å²) in [6.45, 7) is 2.26. The minimum Gasteiger partial charge on any atom is -0.394 e. The highest BCUT2D eigenvalue weighted by Crippen LogP contribution is 2.33. The maximum atomic E-state index is 9.86. The topological polar surface area (TPSA) is 94.3 Å². The molecule has 0 aromatic heterocycles. The van der Waals surface area contributed by atoms with E-state index in [1.54, 1.807) is 0 Å². The Morgan fingerprint density at radius 3 is 2.81 bits per heavy atom. The van der Waals surface area contributed by atoms with Gasteiger partial charge in [-0.3, -0.25) is 4.99 Å². The van der Waals surface area contributed by atoms with Crippen LogP contribution >= 0.6 is 11.8 Å². The minimum absolute atomic E-state index is 0.303. The quantitative estimate of drug-likeness (QED) is 0.475. The molecule has 2 aliphatic heterocycles. The third-order valence-corrected chi connectivity index (χ3v) is 3.81. The number of thioether (sulfide) groups is 1. The summed E-state index contributed by atoms with van der Waals surface area (Å²) >= 11 is 1.38. The Morgan fingerprint density at radius 1 is 1.44 bits per heavy atom. The first-order valence-electron chi connectivity index (χ1n) is 5.27. The molecule has 6 nitrogen and oxygen atoms in total. The van der Waals surface area contributed by atoms with Crippen molar-refractivity contribution in [2.24, 2.45) is 4.99 Å². The van der Waals surface area contributed by atoms with E-state index in [9.17, 15) is 10.2 Å². The normalized spacial score (nSPS) is 45.5. The molecule has 16 heavy (non-hydrogen) atoms. The van der Waals surface area contributed by atoms with Gasteiger partial charge in [-0.05, 0) is 6.92 Å². The van der Waals surface area contributed by atoms with Crippen molar-refractivity contribution < 1.29 is 20.1 Å². The summed E-state index contributed by atoms with van der Waals surface area (Å²) in [5, 5.41) is 32.3. The molecule has 0 radical (unpaired) electrons. The van der Waals surface area contributed by atoms with Crippen molar-refractivity contribution >= 4 is 16.9 Å². The molecule has 0 saturated carbocycles. The third-order valence-electron chi connectivity index (χ3n) is 2.70. The second-order valence-electron chi connectivity index (χ2n) is 3.77. The SMILES string of the molecule is CCN=C1NC2[C@@H](O)[C@H](O)C(CO)O[C@H]2S1. The number of ether oxygens (including phenoxy) is 1. The molecule has 4 N–H and O–H groups in total. The zero-order chi connectivity index (χ0) is 11.7. The summed E-state index contributed by atoms with van der Waals surface area (Å²) in [4.78, 5) is 4.19. The predicted octanol–water partition coefficient (Wildman–Crippen LogP) is -1.49. The van der Waals surface area contributed by atoms with E-state index in [1.165, 1.54) is 11.8 Å². The number of nitrogens with one attached hydrogen (secondary N) is 1. The van der Waals surface area contributed by atoms with Crippen molar-refractivity contribution in [3.05, 3.63) is 0 Å². The van der Waals surface area contributed by atoms with Crippen LogP contribution in [0.15, 0.2) is 4.99 Å². The van der Waals surface area contributed by atoms with Crippen molar-refractivity contribution in [2.75, 3.05) is 13.2 Å². The zero-order valence-electron chi connectivity index (χ0n) is 8.91. The highest BCUT2D eigenvalue weighted by Gasteiger charge is 2.48. The van der Waals surface area contributed by atoms with Crippen molar-refractivity contribution in [2.45, 2.75) is 36.7 Å². The summed E-state index contributed by atoms with van der Waals surface area (Å²) in [6, 6.07) is -0.368. The lowest BCUT2D eigenvalue weighted by molar-refractivity contribution is -0.167. The molecule has 7 heteroatoms. The van der Waals surface area contributed by atoms with Gasteiger partial charge >= 0.3 is 0 Å². The maximum absolute atomic E-state index is 9.86. The molecule has 92 valence electrons. The van der Waals surface area contributed by atoms with Crippen LogP contribution < -0.4 is 5.32 Å². The number of hydrogen-bond acceptors (Lipinski definition) is 6. The van der Waals surface area contributed by atoms with Gasteiger partial charge in [0.25, 0.3) is 0 Å². The number of aliphatic imine (C=N–C) groups is 1. The molecule has 0 bridgehead atoms. The van der Waals surface area contributed by atoms with E-state index in [4.69, 9.17) is 9.84 Å². The Labute approximate surface area is 97.7 Å². The molecule has 0 spiro atoms. The molecule has 2 fully saturated rings. The van der Waals surface area contributed by atoms with E-state index < -0.39 is 18.3 Å². The number of amidine groups is 1. The number of rotatable bonds is 2. The molecule has 2 rings (SSSR count). The number of nitrogens with zero attached hydrogens (tertiary/aromatic N) is 1. The maximum Gasteiger partial charge on any atom is 0.159 e. The van der Waals surface area contributed by atoms with Crippen LogP contribution in [0, 0.1) is 0 Å². The Hall–Kier alpha value is -0.340. The number of fused-ring (bicyclic) bond motifs is 1. The Morgan fingerprint density at radius 2 is 2.19 bits per heavy atom. The van der Waals surface area contributed by atoms with E-state index in [1.807, 2.05) is 6.92 Å². The molecule has 2 heterocycles. The first-order valence-corrected chi connectivity index (χ1v) is 6.15. The number of aliphatic hydroxyl groups excluding tert-OH is 3. The molecule has 2 saturated heterocycles. The second kappa shape index (κ2) is 4.89. The fourth-order valence-electron chi connectivity index (χ4n) is 1.85. The Balaban J connectivity index is 2.10. The van der Waals surface area contributed by atoms with Gasteiger partial charge in [-0.25, -0.2) is 0 Å². The van der Waals surface area contributed by atoms with Crippen LogP contribution in [0.3, 0.4) is 0 Å². The van der Waals surface area contributed by atoms with E-state index in [0.717, 1.165) is 0 Å². The van der Waals surface area contributed by atoms with Gasteiger partial charge in [-0.2, -0.15) is 0 Å². The van der Waals surface area contributed by atoms with E-state index in [2.05, 4.69) is 10.3 Å². The first kappa shape index (κ1) is 12.1. The third kappa shape index (κ3) is 2.05. The van der Waals surface area contributed by atoms with E-state index in [-0.39, 0.29) is 18.1 Å². The molecule has 0 amide bonds. The fraction of sp³-hybridized carbons (Fsp3) is 0.889. The van der Waals surface area contributed by atoms with Crippen LogP contribution in [0.2, 0.25) is 0 Å². The molecule has 2 unspecified atom stereocenters. The first-order chi connectivity index (χ1) is 7.67. The zero-order valence-corrected chi connectivity index (χ0v) is 9.72. The summed E-state index contributed by atoms with van der Waals surface area (Å²) in [5.41, 5.74) is -0.305. The lowest BCUT2D eigenvalue weighted by Gasteiger charge is -2.38. The van der Waals surface area contributed by atoms with Crippen LogP contribution in [0.25, 0.3) is 0 Å². The average Bonchev–Trinajstić information content (AvgIpc) is 2.67. The van der Waals surface area contributed by atoms with E-state index in [0.29, 0.717) is 11.7 Å². The van der Waals surface area contributed by atoms with Crippen LogP contribution in [-0.2, 0) is 4.74 Å². The van der Waals surface area contributed by atoms with Crippen molar-refractivity contribution in [3.63, 3.8) is 0 Å². The molecule has 0 aliphatic carbocycles. The van der Waals surface area contributed by atoms with Crippen LogP contribution in [0.1, 0.15) is 6.92 Å². The minimum atomic E-state index is -1.07. The van der Waals surface area contributed by atoms with Gasteiger partial charge in [0.1, 0.15) is 23.7 Å². The largest absolute Gasteiger partial charge is 0.394 e. The predicted molar refractivity (Wildman–Crippen MR) is 60.3 cm³/mol. The summed E-state index contributed by atoms with van der Waals surface area (Å²) in [6.07, 6.45) is -2.75. The molecule has 0 aromatic carbocycles. The van der Waals surface area contributed by atoms with Crippen LogP contribution in [0.5, 0.6) is 0 Å². The van der Waals surface area contributed by atoms with Gasteiger partial charge in [0.2, 0.25) is 0 Å². The van der Waals surface area contributed by atoms with Crippen LogP contribution in [0.4, 0.5) is 0 Å².